The Bertz CT molecular complexity index is 371. The van der Waals surface area contributed by atoms with Crippen molar-refractivity contribution in [1.29, 1.82) is 0 Å². The molecule has 1 atom stereocenters. The molecule has 2 rings (SSSR count). The summed E-state index contributed by atoms with van der Waals surface area (Å²) < 4.78 is 0. The Morgan fingerprint density at radius 3 is 3.00 bits per heavy atom. The molecule has 88 valence electrons. The number of halogens is 1. The van der Waals surface area contributed by atoms with Crippen LogP contribution in [0, 0.1) is 5.92 Å². The number of aromatic nitrogens is 2. The van der Waals surface area contributed by atoms with E-state index in [1.54, 1.807) is 0 Å². The minimum Gasteiger partial charge on any atom is -0.391 e. The molecule has 5 N–H and O–H groups in total. The van der Waals surface area contributed by atoms with Crippen LogP contribution in [-0.2, 0) is 0 Å². The Morgan fingerprint density at radius 1 is 1.62 bits per heavy atom. The highest BCUT2D eigenvalue weighted by atomic mass is 35.5. The number of hydrogen-bond donors (Lipinski definition) is 4. The molecule has 1 aromatic rings. The van der Waals surface area contributed by atoms with Crippen molar-refractivity contribution in [3.63, 3.8) is 0 Å². The zero-order valence-corrected chi connectivity index (χ0v) is 9.41. The fourth-order valence-corrected chi connectivity index (χ4v) is 1.57. The van der Waals surface area contributed by atoms with E-state index in [4.69, 9.17) is 17.4 Å². The normalized spacial score (nSPS) is 16.9. The van der Waals surface area contributed by atoms with Crippen LogP contribution < -0.4 is 16.6 Å². The van der Waals surface area contributed by atoms with Gasteiger partial charge in [-0.05, 0) is 18.8 Å². The van der Waals surface area contributed by atoms with E-state index in [-0.39, 0.29) is 12.1 Å². The van der Waals surface area contributed by atoms with Gasteiger partial charge in [-0.1, -0.05) is 11.6 Å². The molecule has 16 heavy (non-hydrogen) atoms. The quantitative estimate of drug-likeness (QED) is 0.447. The maximum atomic E-state index is 9.68. The second kappa shape index (κ2) is 4.82. The van der Waals surface area contributed by atoms with Crippen molar-refractivity contribution in [1.82, 2.24) is 9.97 Å². The summed E-state index contributed by atoms with van der Waals surface area (Å²) in [4.78, 5) is 7.89. The number of hydrogen-bond acceptors (Lipinski definition) is 6. The van der Waals surface area contributed by atoms with Crippen molar-refractivity contribution in [2.24, 2.45) is 11.8 Å². The molecular formula is C9H14ClN5O. The molecule has 7 heteroatoms. The van der Waals surface area contributed by atoms with Crippen molar-refractivity contribution in [2.75, 3.05) is 17.3 Å². The minimum absolute atomic E-state index is 0.285. The fourth-order valence-electron chi connectivity index (χ4n) is 1.41. The van der Waals surface area contributed by atoms with Crippen LogP contribution in [0.1, 0.15) is 12.8 Å². The lowest BCUT2D eigenvalue weighted by Crippen LogP contribution is -2.22. The van der Waals surface area contributed by atoms with E-state index >= 15 is 0 Å². The molecule has 1 aromatic heterocycles. The van der Waals surface area contributed by atoms with E-state index in [0.717, 1.165) is 12.8 Å². The molecule has 0 aliphatic heterocycles. The molecular weight excluding hydrogens is 230 g/mol. The van der Waals surface area contributed by atoms with Crippen LogP contribution in [0.3, 0.4) is 0 Å². The molecule has 0 bridgehead atoms. The van der Waals surface area contributed by atoms with E-state index in [2.05, 4.69) is 20.7 Å². The summed E-state index contributed by atoms with van der Waals surface area (Å²) in [5.74, 6) is 6.37. The van der Waals surface area contributed by atoms with Crippen molar-refractivity contribution in [3.8, 4) is 0 Å². The van der Waals surface area contributed by atoms with Gasteiger partial charge in [-0.3, -0.25) is 5.43 Å². The van der Waals surface area contributed by atoms with Crippen molar-refractivity contribution < 1.29 is 5.11 Å². The first-order valence-corrected chi connectivity index (χ1v) is 5.49. The number of hydrazine groups is 1. The van der Waals surface area contributed by atoms with Crippen molar-refractivity contribution in [3.05, 3.63) is 11.2 Å². The highest BCUT2D eigenvalue weighted by Crippen LogP contribution is 2.32. The van der Waals surface area contributed by atoms with Gasteiger partial charge in [-0.15, -0.1) is 0 Å². The predicted octanol–water partition coefficient (Wildman–Crippen LogP) is 0.598. The zero-order chi connectivity index (χ0) is 11.5. The van der Waals surface area contributed by atoms with Gasteiger partial charge in [0.15, 0.2) is 5.82 Å². The second-order valence-corrected chi connectivity index (χ2v) is 4.23. The monoisotopic (exact) mass is 243 g/mol. The zero-order valence-electron chi connectivity index (χ0n) is 8.65. The Balaban J connectivity index is 1.96. The molecule has 1 unspecified atom stereocenters. The average molecular weight is 244 g/mol. The van der Waals surface area contributed by atoms with Gasteiger partial charge in [0, 0.05) is 6.54 Å². The number of aliphatic hydroxyl groups excluding tert-OH is 1. The Morgan fingerprint density at radius 2 is 2.38 bits per heavy atom. The number of nitrogens with zero attached hydrogens (tertiary/aromatic N) is 2. The first-order valence-electron chi connectivity index (χ1n) is 5.12. The summed E-state index contributed by atoms with van der Waals surface area (Å²) in [6, 6.07) is 0. The Labute approximate surface area is 98.2 Å². The smallest absolute Gasteiger partial charge is 0.239 e. The second-order valence-electron chi connectivity index (χ2n) is 3.82. The Kier molecular flexibility index (Phi) is 3.42. The number of nitrogens with one attached hydrogen (secondary N) is 2. The number of nitrogens with two attached hydrogens (primary N) is 1. The van der Waals surface area contributed by atoms with Gasteiger partial charge in [-0.2, -0.15) is 4.98 Å². The molecule has 0 aromatic carbocycles. The minimum atomic E-state index is -0.347. The standard InChI is InChI=1S/C9H14ClN5O/c10-6-3-13-9(15-11)14-8(6)12-4-7(16)5-1-2-5/h3,5,7,16H,1-2,4,11H2,(H2,12,13,14,15). The molecule has 0 saturated heterocycles. The molecule has 1 saturated carbocycles. The molecule has 1 fully saturated rings. The van der Waals surface area contributed by atoms with Gasteiger partial charge in [0.05, 0.1) is 12.3 Å². The van der Waals surface area contributed by atoms with Crippen LogP contribution >= 0.6 is 11.6 Å². The average Bonchev–Trinajstić information content (AvgIpc) is 3.11. The summed E-state index contributed by atoms with van der Waals surface area (Å²) in [5, 5.41) is 13.1. The van der Waals surface area contributed by atoms with E-state index < -0.39 is 0 Å². The SMILES string of the molecule is NNc1ncc(Cl)c(NCC(O)C2CC2)n1. The van der Waals surface area contributed by atoms with Crippen LogP contribution in [0.4, 0.5) is 11.8 Å². The van der Waals surface area contributed by atoms with Crippen LogP contribution in [0.25, 0.3) is 0 Å². The van der Waals surface area contributed by atoms with Crippen LogP contribution in [0.2, 0.25) is 5.02 Å². The molecule has 0 amide bonds. The largest absolute Gasteiger partial charge is 0.391 e. The van der Waals surface area contributed by atoms with Gasteiger partial charge >= 0.3 is 0 Å². The van der Waals surface area contributed by atoms with Gasteiger partial charge in [0.25, 0.3) is 0 Å². The van der Waals surface area contributed by atoms with Gasteiger partial charge in [0.2, 0.25) is 5.95 Å². The maximum Gasteiger partial charge on any atom is 0.239 e. The maximum absolute atomic E-state index is 9.68. The summed E-state index contributed by atoms with van der Waals surface area (Å²) in [7, 11) is 0. The third-order valence-corrected chi connectivity index (χ3v) is 2.79. The van der Waals surface area contributed by atoms with Gasteiger partial charge in [0.1, 0.15) is 5.02 Å². The summed E-state index contributed by atoms with van der Waals surface area (Å²) in [5.41, 5.74) is 2.33. The first kappa shape index (κ1) is 11.4. The van der Waals surface area contributed by atoms with E-state index in [0.29, 0.717) is 23.3 Å². The summed E-state index contributed by atoms with van der Waals surface area (Å²) >= 11 is 5.89. The molecule has 0 radical (unpaired) electrons. The van der Waals surface area contributed by atoms with E-state index in [1.807, 2.05) is 0 Å². The molecule has 0 spiro atoms. The van der Waals surface area contributed by atoms with E-state index in [1.165, 1.54) is 6.20 Å². The Hall–Kier alpha value is -1.11. The van der Waals surface area contributed by atoms with Crippen LogP contribution in [0.15, 0.2) is 6.20 Å². The summed E-state index contributed by atoms with van der Waals surface area (Å²) in [6.45, 7) is 0.436. The lowest BCUT2D eigenvalue weighted by Gasteiger charge is -2.12. The number of anilines is 2. The highest BCUT2D eigenvalue weighted by Gasteiger charge is 2.29. The number of nitrogen functional groups attached to an aromatic ring is 1. The molecule has 1 heterocycles. The molecule has 6 nitrogen and oxygen atoms in total. The summed E-state index contributed by atoms with van der Waals surface area (Å²) in [6.07, 6.45) is 3.29. The van der Waals surface area contributed by atoms with Crippen molar-refractivity contribution in [2.45, 2.75) is 18.9 Å². The lowest BCUT2D eigenvalue weighted by molar-refractivity contribution is 0.164. The third-order valence-electron chi connectivity index (χ3n) is 2.52. The van der Waals surface area contributed by atoms with Crippen LogP contribution in [0.5, 0.6) is 0 Å². The lowest BCUT2D eigenvalue weighted by atomic mass is 10.2. The number of aliphatic hydroxyl groups is 1. The third kappa shape index (κ3) is 2.72. The van der Waals surface area contributed by atoms with E-state index in [9.17, 15) is 5.11 Å². The molecule has 1 aliphatic carbocycles. The fraction of sp³-hybridized carbons (Fsp3) is 0.556. The first-order chi connectivity index (χ1) is 7.70. The molecule has 1 aliphatic rings. The van der Waals surface area contributed by atoms with Gasteiger partial charge in [-0.25, -0.2) is 10.8 Å². The van der Waals surface area contributed by atoms with Crippen molar-refractivity contribution >= 4 is 23.4 Å². The van der Waals surface area contributed by atoms with Gasteiger partial charge < -0.3 is 10.4 Å². The predicted molar refractivity (Wildman–Crippen MR) is 62.1 cm³/mol. The highest BCUT2D eigenvalue weighted by molar-refractivity contribution is 6.32. The van der Waals surface area contributed by atoms with Crippen LogP contribution in [-0.4, -0.2) is 27.7 Å². The topological polar surface area (TPSA) is 96.1 Å². The number of rotatable bonds is 5.